The Labute approximate surface area is 244 Å². The highest BCUT2D eigenvalue weighted by atomic mass is 16.5. The first-order valence-electron chi connectivity index (χ1n) is 14.7. The van der Waals surface area contributed by atoms with Crippen LogP contribution in [0.4, 0.5) is 5.82 Å². The van der Waals surface area contributed by atoms with Crippen LogP contribution in [0.3, 0.4) is 0 Å². The van der Waals surface area contributed by atoms with E-state index in [4.69, 9.17) is 19.9 Å². The highest BCUT2D eigenvalue weighted by Crippen LogP contribution is 2.35. The monoisotopic (exact) mass is 574 g/mol. The molecule has 8 rings (SSSR count). The minimum atomic E-state index is -0.0264. The summed E-state index contributed by atoms with van der Waals surface area (Å²) in [6.07, 6.45) is 5.19. The second-order valence-corrected chi connectivity index (χ2v) is 11.6. The van der Waals surface area contributed by atoms with E-state index in [1.165, 1.54) is 12.0 Å². The Balaban J connectivity index is 1.00. The van der Waals surface area contributed by atoms with Gasteiger partial charge in [-0.15, -0.1) is 5.10 Å². The van der Waals surface area contributed by atoms with Crippen molar-refractivity contribution in [3.05, 3.63) is 47.3 Å². The molecular weight excluding hydrogens is 536 g/mol. The van der Waals surface area contributed by atoms with Gasteiger partial charge < -0.3 is 30.6 Å². The van der Waals surface area contributed by atoms with Gasteiger partial charge in [0.25, 0.3) is 0 Å². The zero-order valence-corrected chi connectivity index (χ0v) is 23.8. The number of aromatic nitrogens is 3. The molecule has 5 N–H and O–H groups in total. The van der Waals surface area contributed by atoms with E-state index in [1.54, 1.807) is 17.8 Å². The lowest BCUT2D eigenvalue weighted by atomic mass is 9.86. The van der Waals surface area contributed by atoms with E-state index in [1.807, 2.05) is 18.3 Å². The van der Waals surface area contributed by atoms with Gasteiger partial charge in [0.1, 0.15) is 30.1 Å². The van der Waals surface area contributed by atoms with Crippen LogP contribution in [0.15, 0.2) is 30.6 Å². The van der Waals surface area contributed by atoms with Crippen LogP contribution in [0.2, 0.25) is 0 Å². The molecule has 0 saturated carbocycles. The standard InChI is InChI=1S/C29H38N10O3/c1-40-27-3-2-18(9-35-27)13-38-19-6-20(38)15-37(14-19)26-12-33-25(11-34-26)23-7-21(42-17-22-10-32-4-5-41-22)16-39-28(23)24(8-30)29(31)36-39/h2-3,7,9,16,19-20,22,25-26,32-34H,4-6,10-15,17H2,1H3,(H2,31,36)/t19?,20?,22-,25?,26?/m0/s1. The number of nitrogens with two attached hydrogens (primary N) is 1. The number of hydrogen-bond donors (Lipinski definition) is 4. The summed E-state index contributed by atoms with van der Waals surface area (Å²) < 4.78 is 18.8. The fraction of sp³-hybridized carbons (Fsp3) is 0.552. The summed E-state index contributed by atoms with van der Waals surface area (Å²) in [6.45, 7) is 7.21. The topological polar surface area (TPSA) is 150 Å². The summed E-state index contributed by atoms with van der Waals surface area (Å²) in [6, 6.07) is 9.37. The molecule has 3 aromatic heterocycles. The molecule has 0 aliphatic carbocycles. The van der Waals surface area contributed by atoms with Gasteiger partial charge in [0, 0.05) is 81.8 Å². The third-order valence-corrected chi connectivity index (χ3v) is 8.99. The van der Waals surface area contributed by atoms with E-state index in [2.05, 4.69) is 48.0 Å². The van der Waals surface area contributed by atoms with Crippen LogP contribution in [-0.2, 0) is 11.3 Å². The zero-order chi connectivity index (χ0) is 28.6. The maximum Gasteiger partial charge on any atom is 0.212 e. The van der Waals surface area contributed by atoms with Crippen LogP contribution >= 0.6 is 0 Å². The summed E-state index contributed by atoms with van der Waals surface area (Å²) in [5.74, 6) is 1.54. The Morgan fingerprint density at radius 2 is 2.07 bits per heavy atom. The summed E-state index contributed by atoms with van der Waals surface area (Å²) in [5, 5.41) is 25.1. The van der Waals surface area contributed by atoms with Crippen LogP contribution < -0.4 is 31.2 Å². The molecular formula is C29H38N10O3. The summed E-state index contributed by atoms with van der Waals surface area (Å²) in [5.41, 5.74) is 9.41. The van der Waals surface area contributed by atoms with E-state index < -0.39 is 0 Å². The molecule has 5 saturated heterocycles. The Morgan fingerprint density at radius 1 is 1.19 bits per heavy atom. The lowest BCUT2D eigenvalue weighted by molar-refractivity contribution is -0.0935. The summed E-state index contributed by atoms with van der Waals surface area (Å²) >= 11 is 0. The van der Waals surface area contributed by atoms with Gasteiger partial charge in [0.15, 0.2) is 5.82 Å². The lowest BCUT2D eigenvalue weighted by Gasteiger charge is -2.58. The number of pyridine rings is 2. The second kappa shape index (κ2) is 11.6. The van der Waals surface area contributed by atoms with E-state index in [0.717, 1.165) is 50.3 Å². The molecule has 42 heavy (non-hydrogen) atoms. The molecule has 4 unspecified atom stereocenters. The van der Waals surface area contributed by atoms with Crippen LogP contribution in [-0.4, -0.2) is 108 Å². The first-order valence-corrected chi connectivity index (χ1v) is 14.7. The molecule has 3 aromatic rings. The number of hydrogen-bond acceptors (Lipinski definition) is 12. The molecule has 13 nitrogen and oxygen atoms in total. The van der Waals surface area contributed by atoms with Crippen molar-refractivity contribution in [1.82, 2.24) is 40.3 Å². The number of methoxy groups -OCH3 is 1. The van der Waals surface area contributed by atoms with Crippen LogP contribution in [0, 0.1) is 11.3 Å². The second-order valence-electron chi connectivity index (χ2n) is 11.6. The van der Waals surface area contributed by atoms with Crippen molar-refractivity contribution in [1.29, 1.82) is 5.26 Å². The van der Waals surface area contributed by atoms with Gasteiger partial charge in [-0.3, -0.25) is 15.1 Å². The molecule has 0 spiro atoms. The van der Waals surface area contributed by atoms with Gasteiger partial charge in [-0.1, -0.05) is 6.07 Å². The number of fused-ring (bicyclic) bond motifs is 3. The van der Waals surface area contributed by atoms with Gasteiger partial charge in [-0.05, 0) is 18.1 Å². The lowest BCUT2D eigenvalue weighted by Crippen LogP contribution is -2.72. The zero-order valence-electron chi connectivity index (χ0n) is 23.8. The van der Waals surface area contributed by atoms with E-state index in [9.17, 15) is 5.26 Å². The van der Waals surface area contributed by atoms with Crippen molar-refractivity contribution in [2.75, 3.05) is 65.3 Å². The average molecular weight is 575 g/mol. The first-order chi connectivity index (χ1) is 20.6. The number of nitrogens with zero attached hydrogens (tertiary/aromatic N) is 6. The van der Waals surface area contributed by atoms with Crippen molar-refractivity contribution >= 4 is 11.3 Å². The molecule has 8 heterocycles. The maximum absolute atomic E-state index is 9.86. The van der Waals surface area contributed by atoms with Crippen LogP contribution in [0.1, 0.15) is 29.2 Å². The third-order valence-electron chi connectivity index (χ3n) is 8.99. The molecule has 5 atom stereocenters. The molecule has 0 radical (unpaired) electrons. The predicted molar refractivity (Wildman–Crippen MR) is 155 cm³/mol. The SMILES string of the molecule is COc1ccc(CN2C3CC2CN(C2CNC(c4cc(OC[C@@H]5CNCCO5)cn5nc(N)c(C#N)c45)CN2)C3)cn1. The summed E-state index contributed by atoms with van der Waals surface area (Å²) in [4.78, 5) is 9.53. The van der Waals surface area contributed by atoms with Gasteiger partial charge >= 0.3 is 0 Å². The molecule has 2 bridgehead atoms. The van der Waals surface area contributed by atoms with E-state index in [-0.39, 0.29) is 24.1 Å². The number of anilines is 1. The van der Waals surface area contributed by atoms with Crippen molar-refractivity contribution in [2.45, 2.75) is 43.4 Å². The number of nitrogens with one attached hydrogen (secondary N) is 3. The van der Waals surface area contributed by atoms with Gasteiger partial charge in [0.2, 0.25) is 5.88 Å². The molecule has 222 valence electrons. The molecule has 5 aliphatic heterocycles. The Hall–Kier alpha value is -3.51. The number of ether oxygens (including phenoxy) is 3. The number of piperazine rings is 2. The Bertz CT molecular complexity index is 1430. The minimum absolute atomic E-state index is 0.00922. The van der Waals surface area contributed by atoms with Crippen molar-refractivity contribution in [3.63, 3.8) is 0 Å². The smallest absolute Gasteiger partial charge is 0.212 e. The van der Waals surface area contributed by atoms with E-state index in [0.29, 0.717) is 49.0 Å². The Kier molecular flexibility index (Phi) is 7.57. The molecule has 0 amide bonds. The van der Waals surface area contributed by atoms with Crippen molar-refractivity contribution in [2.24, 2.45) is 0 Å². The molecule has 5 fully saturated rings. The largest absolute Gasteiger partial charge is 0.489 e. The molecule has 13 heteroatoms. The molecule has 0 aromatic carbocycles. The number of rotatable bonds is 8. The number of nitrogen functional groups attached to an aromatic ring is 1. The number of morpholine rings is 1. The first kappa shape index (κ1) is 27.3. The third kappa shape index (κ3) is 5.26. The van der Waals surface area contributed by atoms with Crippen LogP contribution in [0.25, 0.3) is 5.52 Å². The fourth-order valence-corrected chi connectivity index (χ4v) is 6.77. The van der Waals surface area contributed by atoms with Crippen molar-refractivity contribution < 1.29 is 14.2 Å². The minimum Gasteiger partial charge on any atom is -0.489 e. The predicted octanol–water partition coefficient (Wildman–Crippen LogP) is 0.0777. The maximum atomic E-state index is 9.86. The average Bonchev–Trinajstić information content (AvgIpc) is 3.37. The number of piperidine rings is 1. The highest BCUT2D eigenvalue weighted by Gasteiger charge is 2.46. The molecule has 5 aliphatic rings. The fourth-order valence-electron chi connectivity index (χ4n) is 6.77. The van der Waals surface area contributed by atoms with Crippen molar-refractivity contribution in [3.8, 4) is 17.7 Å². The quantitative estimate of drug-likeness (QED) is 0.288. The van der Waals surface area contributed by atoms with Gasteiger partial charge in [-0.2, -0.15) is 5.26 Å². The van der Waals surface area contributed by atoms with Gasteiger partial charge in [-0.25, -0.2) is 9.50 Å². The Morgan fingerprint density at radius 3 is 2.76 bits per heavy atom. The number of nitriles is 1. The van der Waals surface area contributed by atoms with Crippen LogP contribution in [0.5, 0.6) is 11.6 Å². The highest BCUT2D eigenvalue weighted by molar-refractivity contribution is 5.74. The van der Waals surface area contributed by atoms with E-state index >= 15 is 0 Å². The summed E-state index contributed by atoms with van der Waals surface area (Å²) in [7, 11) is 1.64. The van der Waals surface area contributed by atoms with Gasteiger partial charge in [0.05, 0.1) is 31.6 Å². The normalized spacial score (nSPS) is 28.2.